The number of aromatic nitrogens is 8. The predicted octanol–water partition coefficient (Wildman–Crippen LogP) is 28.5. The van der Waals surface area contributed by atoms with E-state index in [0.29, 0.717) is 39.7 Å². The summed E-state index contributed by atoms with van der Waals surface area (Å²) < 4.78 is 27.1. The maximum atomic E-state index is 7.76. The van der Waals surface area contributed by atoms with Crippen LogP contribution in [0.25, 0.3) is 134 Å². The molecule has 0 saturated carbocycles. The van der Waals surface area contributed by atoms with Gasteiger partial charge in [0.05, 0.1) is 84.0 Å². The summed E-state index contributed by atoms with van der Waals surface area (Å²) in [5, 5.41) is -0.555. The Balaban J connectivity index is 0.981. The third-order valence-electron chi connectivity index (χ3n) is 17.4. The third-order valence-corrected chi connectivity index (χ3v) is 22.2. The van der Waals surface area contributed by atoms with E-state index in [2.05, 4.69) is 9.97 Å². The van der Waals surface area contributed by atoms with E-state index in [1.807, 2.05) is 194 Å². The molecule has 0 spiro atoms. The zero-order valence-corrected chi connectivity index (χ0v) is 61.7. The average Bonchev–Trinajstić information content (AvgIpc) is 1.56. The molecule has 104 heavy (non-hydrogen) atoms. The summed E-state index contributed by atoms with van der Waals surface area (Å²) in [5.74, 6) is 0.896. The van der Waals surface area contributed by atoms with Crippen LogP contribution < -0.4 is 18.9 Å². The van der Waals surface area contributed by atoms with Gasteiger partial charge in [0.2, 0.25) is 0 Å². The van der Waals surface area contributed by atoms with Gasteiger partial charge in [-0.2, -0.15) is 0 Å². The fraction of sp³-hybridized carbons (Fsp3) is 0. The van der Waals surface area contributed by atoms with Crippen molar-refractivity contribution < 1.29 is 18.9 Å². The molecule has 0 fully saturated rings. The zero-order chi connectivity index (χ0) is 71.3. The van der Waals surface area contributed by atoms with Gasteiger partial charge in [-0.25, -0.2) is 29.9 Å². The molecule has 3 aromatic heterocycles. The maximum absolute atomic E-state index is 7.76. The SMILES string of the molecule is Clc1c(Cl)c2c(c(Cl)c1Oc1ccccc1-c1ccccc1)-c1nc-2nc2[nH]c(nc3nc(nc4[nH]c(n1)c1c(Cl)c(Cl)c(Oc5cccc(-c6ccccc6)c5)c(Cl)c41)-c1c(Cl)c(Cl)c(Oc4ccccc4-c4ccccc4)c(Cl)c1-3)c1c(Cl)c(Cl)c(Oc3ccccc3-c3ccccc3)c(Cl)c21. The molecule has 2 aliphatic rings. The monoisotopic (exact) mass is 1590 g/mol. The molecule has 0 atom stereocenters. The van der Waals surface area contributed by atoms with E-state index in [1.54, 1.807) is 24.3 Å². The summed E-state index contributed by atoms with van der Waals surface area (Å²) in [5.41, 5.74) is 6.76. The molecule has 0 saturated heterocycles. The van der Waals surface area contributed by atoms with Crippen LogP contribution in [-0.2, 0) is 0 Å². The topological polar surface area (TPSA) is 146 Å². The molecule has 2 aliphatic heterocycles. The van der Waals surface area contributed by atoms with Gasteiger partial charge in [0.1, 0.15) is 65.7 Å². The molecule has 15 aromatic rings. The molecular formula is C80H38Cl12N8O4. The van der Waals surface area contributed by atoms with E-state index in [-0.39, 0.29) is 173 Å². The summed E-state index contributed by atoms with van der Waals surface area (Å²) in [6.45, 7) is 0. The van der Waals surface area contributed by atoms with Crippen molar-refractivity contribution in [2.24, 2.45) is 0 Å². The molecular weight excluding hydrogens is 1560 g/mol. The summed E-state index contributed by atoms with van der Waals surface area (Å²) >= 11 is 91.2. The molecule has 12 nitrogen and oxygen atoms in total. The van der Waals surface area contributed by atoms with Crippen LogP contribution in [0.1, 0.15) is 0 Å². The Kier molecular flexibility index (Phi) is 18.0. The number of ether oxygens (including phenoxy) is 4. The van der Waals surface area contributed by atoms with Crippen molar-refractivity contribution in [2.45, 2.75) is 0 Å². The van der Waals surface area contributed by atoms with E-state index in [1.165, 1.54) is 0 Å². The van der Waals surface area contributed by atoms with E-state index in [0.717, 1.165) is 27.8 Å². The number of para-hydroxylation sites is 3. The average molecular weight is 1600 g/mol. The first-order valence-electron chi connectivity index (χ1n) is 31.5. The summed E-state index contributed by atoms with van der Waals surface area (Å²) in [7, 11) is 0. The normalized spacial score (nSPS) is 11.7. The fourth-order valence-electron chi connectivity index (χ4n) is 12.7. The lowest BCUT2D eigenvalue weighted by Gasteiger charge is -2.17. The van der Waals surface area contributed by atoms with Crippen LogP contribution in [0.5, 0.6) is 46.0 Å². The van der Waals surface area contributed by atoms with E-state index in [9.17, 15) is 0 Å². The van der Waals surface area contributed by atoms with Gasteiger partial charge in [0.25, 0.3) is 0 Å². The zero-order valence-electron chi connectivity index (χ0n) is 52.6. The van der Waals surface area contributed by atoms with Crippen molar-refractivity contribution in [2.75, 3.05) is 0 Å². The Labute approximate surface area is 651 Å². The van der Waals surface area contributed by atoms with E-state index in [4.69, 9.17) is 188 Å². The number of nitrogens with zero attached hydrogens (tertiary/aromatic N) is 6. The minimum Gasteiger partial charge on any atom is -0.454 e. The van der Waals surface area contributed by atoms with Gasteiger partial charge in [0, 0.05) is 16.7 Å². The quantitative estimate of drug-likeness (QED) is 0.113. The van der Waals surface area contributed by atoms with Crippen molar-refractivity contribution in [3.63, 3.8) is 0 Å². The standard InChI is InChI=1S/C80H38Cl12N8O4/c81-57-49-53(61(85)69(65(57)89)101-42-29-19-28-41(36-42)37-20-5-1-6-21-37)77-93-73(49)95-78-55-51(59(83)67(91)71(63(55)87)103-47-34-17-14-31-44(47)39-24-9-3-10-25-39)75(97-78)99-80-56-52(60(84)68(92)72(64(56)88)104-48-35-18-15-32-45(48)40-26-11-4-12-27-40)76(100-80)98-79-54-50(74(94-77)96-79)58(82)66(90)70(62(54)86)102-46-33-16-13-30-43(46)38-22-7-2-8-23-38/h1-36H,(H2,93,94,95,96,97,98,99,100). The lowest BCUT2D eigenvalue weighted by Crippen LogP contribution is -1.94. The highest BCUT2D eigenvalue weighted by Gasteiger charge is 2.36. The Morgan fingerprint density at radius 2 is 0.500 bits per heavy atom. The lowest BCUT2D eigenvalue weighted by molar-refractivity contribution is 0.484. The van der Waals surface area contributed by atoms with Crippen LogP contribution in [0.3, 0.4) is 0 Å². The molecule has 506 valence electrons. The number of hydrogen-bond donors (Lipinski definition) is 2. The lowest BCUT2D eigenvalue weighted by atomic mass is 10.0. The molecule has 5 heterocycles. The second kappa shape index (κ2) is 27.6. The number of halogens is 12. The minimum absolute atomic E-state index is 0.0197. The van der Waals surface area contributed by atoms with Crippen molar-refractivity contribution in [1.29, 1.82) is 0 Å². The second-order valence-corrected chi connectivity index (χ2v) is 28.1. The molecule has 24 heteroatoms. The first-order chi connectivity index (χ1) is 50.6. The predicted molar refractivity (Wildman–Crippen MR) is 424 cm³/mol. The first-order valence-corrected chi connectivity index (χ1v) is 36.1. The number of benzene rings is 12. The highest BCUT2D eigenvalue weighted by Crippen LogP contribution is 2.59. The molecule has 17 rings (SSSR count). The van der Waals surface area contributed by atoms with E-state index < -0.39 is 0 Å². The Bertz CT molecular complexity index is 6200. The van der Waals surface area contributed by atoms with Crippen LogP contribution in [0.2, 0.25) is 60.3 Å². The van der Waals surface area contributed by atoms with Gasteiger partial charge in [-0.3, -0.25) is 0 Å². The highest BCUT2D eigenvalue weighted by molar-refractivity contribution is 6.53. The molecule has 0 amide bonds. The third kappa shape index (κ3) is 11.7. The summed E-state index contributed by atoms with van der Waals surface area (Å²) in [6, 6.07) is 68.2. The molecule has 2 N–H and O–H groups in total. The van der Waals surface area contributed by atoms with Crippen LogP contribution in [0, 0.1) is 0 Å². The van der Waals surface area contributed by atoms with Gasteiger partial charge >= 0.3 is 0 Å². The number of aromatic amines is 2. The number of rotatable bonds is 12. The van der Waals surface area contributed by atoms with Gasteiger partial charge in [0.15, 0.2) is 46.3 Å². The van der Waals surface area contributed by atoms with Crippen LogP contribution in [-0.4, -0.2) is 39.9 Å². The Morgan fingerprint density at radius 1 is 0.221 bits per heavy atom. The van der Waals surface area contributed by atoms with Gasteiger partial charge in [-0.1, -0.05) is 327 Å². The van der Waals surface area contributed by atoms with Gasteiger partial charge < -0.3 is 28.9 Å². The molecule has 0 unspecified atom stereocenters. The van der Waals surface area contributed by atoms with E-state index >= 15 is 0 Å². The van der Waals surface area contributed by atoms with Gasteiger partial charge in [-0.15, -0.1) is 0 Å². The number of hydrogen-bond acceptors (Lipinski definition) is 10. The van der Waals surface area contributed by atoms with Crippen molar-refractivity contribution in [3.05, 3.63) is 279 Å². The number of H-pyrrole nitrogens is 2. The molecule has 12 aromatic carbocycles. The van der Waals surface area contributed by atoms with Crippen molar-refractivity contribution in [1.82, 2.24) is 39.9 Å². The Morgan fingerprint density at radius 3 is 0.865 bits per heavy atom. The number of nitrogens with one attached hydrogen (secondary N) is 2. The van der Waals surface area contributed by atoms with Crippen LogP contribution in [0.15, 0.2) is 218 Å². The smallest absolute Gasteiger partial charge is 0.166 e. The Hall–Kier alpha value is -9.32. The maximum Gasteiger partial charge on any atom is 0.166 e. The molecule has 0 radical (unpaired) electrons. The largest absolute Gasteiger partial charge is 0.454 e. The van der Waals surface area contributed by atoms with Gasteiger partial charge in [-0.05, 0) is 58.1 Å². The molecule has 0 aliphatic carbocycles. The minimum atomic E-state index is -0.109. The highest BCUT2D eigenvalue weighted by atomic mass is 35.5. The summed E-state index contributed by atoms with van der Waals surface area (Å²) in [4.78, 5) is 38.1. The van der Waals surface area contributed by atoms with Crippen molar-refractivity contribution in [3.8, 4) is 136 Å². The van der Waals surface area contributed by atoms with Crippen molar-refractivity contribution >= 4 is 183 Å². The van der Waals surface area contributed by atoms with Crippen LogP contribution in [0.4, 0.5) is 0 Å². The van der Waals surface area contributed by atoms with Crippen LogP contribution >= 0.6 is 139 Å². The summed E-state index contributed by atoms with van der Waals surface area (Å²) in [6.07, 6.45) is 0. The molecule has 8 bridgehead atoms. The first kappa shape index (κ1) is 67.8. The second-order valence-electron chi connectivity index (χ2n) is 23.6. The fourth-order valence-corrected chi connectivity index (χ4v) is 16.1. The number of fused-ring (bicyclic) bond motifs is 20.